The molecule has 0 atom stereocenters. The maximum Gasteiger partial charge on any atom is 0.233 e. The Morgan fingerprint density at radius 2 is 1.79 bits per heavy atom. The van der Waals surface area contributed by atoms with Gasteiger partial charge in [-0.1, -0.05) is 31.0 Å². The van der Waals surface area contributed by atoms with E-state index in [-0.39, 0.29) is 5.91 Å². The summed E-state index contributed by atoms with van der Waals surface area (Å²) in [5.74, 6) is 2.55. The molecule has 5 nitrogen and oxygen atoms in total. The van der Waals surface area contributed by atoms with E-state index >= 15 is 0 Å². The lowest BCUT2D eigenvalue weighted by molar-refractivity contribution is -0.136. The van der Waals surface area contributed by atoms with Crippen molar-refractivity contribution in [2.24, 2.45) is 0 Å². The lowest BCUT2D eigenvalue weighted by Crippen LogP contribution is -2.43. The van der Waals surface area contributed by atoms with Crippen LogP contribution < -0.4 is 14.2 Å². The molecule has 0 radical (unpaired) electrons. The fourth-order valence-electron chi connectivity index (χ4n) is 4.62. The number of aryl methyl sites for hydroxylation is 1. The number of hydrogen-bond donors (Lipinski definition) is 0. The first-order chi connectivity index (χ1) is 14.0. The summed E-state index contributed by atoms with van der Waals surface area (Å²) in [5.41, 5.74) is 2.72. The van der Waals surface area contributed by atoms with Gasteiger partial charge in [0, 0.05) is 13.6 Å². The van der Waals surface area contributed by atoms with Gasteiger partial charge in [0.25, 0.3) is 0 Å². The Morgan fingerprint density at radius 3 is 2.52 bits per heavy atom. The van der Waals surface area contributed by atoms with E-state index in [2.05, 4.69) is 18.2 Å². The number of benzene rings is 2. The Balaban J connectivity index is 1.58. The van der Waals surface area contributed by atoms with Crippen LogP contribution in [0, 0.1) is 6.92 Å². The summed E-state index contributed by atoms with van der Waals surface area (Å²) < 4.78 is 16.8. The van der Waals surface area contributed by atoms with E-state index in [9.17, 15) is 4.79 Å². The maximum absolute atomic E-state index is 13.7. The number of hydrogen-bond acceptors (Lipinski definition) is 4. The molecule has 1 saturated carbocycles. The van der Waals surface area contributed by atoms with Gasteiger partial charge in [-0.05, 0) is 54.7 Å². The summed E-state index contributed by atoms with van der Waals surface area (Å²) in [6.45, 7) is 3.71. The van der Waals surface area contributed by atoms with Gasteiger partial charge in [-0.2, -0.15) is 0 Å². The molecule has 29 heavy (non-hydrogen) atoms. The summed E-state index contributed by atoms with van der Waals surface area (Å²) in [7, 11) is 3.58. The molecule has 2 aliphatic rings. The van der Waals surface area contributed by atoms with Crippen molar-refractivity contribution in [3.63, 3.8) is 0 Å². The van der Waals surface area contributed by atoms with Crippen molar-refractivity contribution in [3.8, 4) is 17.2 Å². The molecule has 0 N–H and O–H groups in total. The molecule has 0 unspecified atom stereocenters. The summed E-state index contributed by atoms with van der Waals surface area (Å²) in [6.07, 6.45) is 3.90. The third-order valence-corrected chi connectivity index (χ3v) is 6.20. The van der Waals surface area contributed by atoms with Crippen LogP contribution in [-0.2, 0) is 16.8 Å². The van der Waals surface area contributed by atoms with Crippen LogP contribution in [0.2, 0.25) is 0 Å². The minimum absolute atomic E-state index is 0.177. The van der Waals surface area contributed by atoms with Gasteiger partial charge in [0.15, 0.2) is 11.5 Å². The van der Waals surface area contributed by atoms with Gasteiger partial charge in [-0.25, -0.2) is 0 Å². The second-order valence-electron chi connectivity index (χ2n) is 8.11. The highest BCUT2D eigenvalue weighted by molar-refractivity contribution is 5.88. The number of ether oxygens (including phenoxy) is 3. The van der Waals surface area contributed by atoms with Crippen LogP contribution in [0.5, 0.6) is 17.2 Å². The molecule has 5 heteroatoms. The average Bonchev–Trinajstić information content (AvgIpc) is 3.24. The van der Waals surface area contributed by atoms with Gasteiger partial charge in [-0.15, -0.1) is 0 Å². The second-order valence-corrected chi connectivity index (χ2v) is 8.11. The van der Waals surface area contributed by atoms with Crippen LogP contribution in [0.1, 0.15) is 42.4 Å². The SMILES string of the molecule is COc1cc(C2(C(=O)N(C)Cc3ccc4c(c3)OCCO4)CCCC2)ccc1C. The molecule has 154 valence electrons. The first kappa shape index (κ1) is 19.6. The number of amides is 1. The summed E-state index contributed by atoms with van der Waals surface area (Å²) in [5, 5.41) is 0. The van der Waals surface area contributed by atoms with Crippen molar-refractivity contribution < 1.29 is 19.0 Å². The van der Waals surface area contributed by atoms with Crippen LogP contribution in [0.4, 0.5) is 0 Å². The number of likely N-dealkylation sites (N-methyl/N-ethyl adjacent to an activating group) is 1. The number of fused-ring (bicyclic) bond motifs is 1. The molecule has 2 aromatic carbocycles. The highest BCUT2D eigenvalue weighted by Crippen LogP contribution is 2.44. The van der Waals surface area contributed by atoms with Crippen molar-refractivity contribution in [2.75, 3.05) is 27.4 Å². The van der Waals surface area contributed by atoms with E-state index in [1.807, 2.05) is 37.1 Å². The zero-order valence-corrected chi connectivity index (χ0v) is 17.5. The number of nitrogens with zero attached hydrogens (tertiary/aromatic N) is 1. The molecule has 4 rings (SSSR count). The molecule has 1 aliphatic carbocycles. The van der Waals surface area contributed by atoms with Crippen molar-refractivity contribution in [2.45, 2.75) is 44.6 Å². The van der Waals surface area contributed by atoms with E-state index in [1.165, 1.54) is 0 Å². The molecular weight excluding hydrogens is 366 g/mol. The average molecular weight is 395 g/mol. The molecular formula is C24H29NO4. The minimum Gasteiger partial charge on any atom is -0.496 e. The van der Waals surface area contributed by atoms with Gasteiger partial charge in [-0.3, -0.25) is 4.79 Å². The topological polar surface area (TPSA) is 48.0 Å². The van der Waals surface area contributed by atoms with Crippen LogP contribution in [0.15, 0.2) is 36.4 Å². The third-order valence-electron chi connectivity index (χ3n) is 6.20. The standard InChI is InChI=1S/C24H29NO4/c1-17-6-8-19(15-21(17)27-3)24(10-4-5-11-24)23(26)25(2)16-18-7-9-20-22(14-18)29-13-12-28-20/h6-9,14-15H,4-5,10-13,16H2,1-3H3. The zero-order valence-electron chi connectivity index (χ0n) is 17.5. The van der Waals surface area contributed by atoms with Crippen LogP contribution in [0.3, 0.4) is 0 Å². The highest BCUT2D eigenvalue weighted by atomic mass is 16.6. The number of methoxy groups -OCH3 is 1. The molecule has 0 spiro atoms. The number of carbonyl (C=O) groups is 1. The van der Waals surface area contributed by atoms with Crippen LogP contribution >= 0.6 is 0 Å². The lowest BCUT2D eigenvalue weighted by Gasteiger charge is -2.33. The molecule has 0 bridgehead atoms. The highest BCUT2D eigenvalue weighted by Gasteiger charge is 2.44. The number of carbonyl (C=O) groups excluding carboxylic acids is 1. The zero-order chi connectivity index (χ0) is 20.4. The fourth-order valence-corrected chi connectivity index (χ4v) is 4.62. The summed E-state index contributed by atoms with van der Waals surface area (Å²) in [6, 6.07) is 12.1. The number of rotatable bonds is 5. The maximum atomic E-state index is 13.7. The smallest absolute Gasteiger partial charge is 0.233 e. The molecule has 1 fully saturated rings. The fraction of sp³-hybridized carbons (Fsp3) is 0.458. The molecule has 1 aliphatic heterocycles. The molecule has 0 saturated heterocycles. The Morgan fingerprint density at radius 1 is 1.07 bits per heavy atom. The quantitative estimate of drug-likeness (QED) is 0.760. The summed E-state index contributed by atoms with van der Waals surface area (Å²) >= 11 is 0. The van der Waals surface area contributed by atoms with Crippen molar-refractivity contribution >= 4 is 5.91 Å². The van der Waals surface area contributed by atoms with Crippen molar-refractivity contribution in [3.05, 3.63) is 53.1 Å². The van der Waals surface area contributed by atoms with Gasteiger partial charge in [0.05, 0.1) is 12.5 Å². The molecule has 1 heterocycles. The Bertz CT molecular complexity index is 902. The predicted octanol–water partition coefficient (Wildman–Crippen LogP) is 4.25. The first-order valence-corrected chi connectivity index (χ1v) is 10.3. The Kier molecular flexibility index (Phi) is 5.39. The van der Waals surface area contributed by atoms with Crippen molar-refractivity contribution in [1.82, 2.24) is 4.90 Å². The van der Waals surface area contributed by atoms with Crippen molar-refractivity contribution in [1.29, 1.82) is 0 Å². The Hall–Kier alpha value is -2.69. The first-order valence-electron chi connectivity index (χ1n) is 10.3. The van der Waals surface area contributed by atoms with Gasteiger partial charge >= 0.3 is 0 Å². The van der Waals surface area contributed by atoms with Gasteiger partial charge in [0.1, 0.15) is 19.0 Å². The van der Waals surface area contributed by atoms with E-state index < -0.39 is 5.41 Å². The van der Waals surface area contributed by atoms with E-state index in [0.717, 1.165) is 59.6 Å². The summed E-state index contributed by atoms with van der Waals surface area (Å²) in [4.78, 5) is 15.5. The van der Waals surface area contributed by atoms with Crippen LogP contribution in [-0.4, -0.2) is 38.2 Å². The van der Waals surface area contributed by atoms with Gasteiger partial charge < -0.3 is 19.1 Å². The van der Waals surface area contributed by atoms with E-state index in [0.29, 0.717) is 19.8 Å². The predicted molar refractivity (Wildman–Crippen MR) is 112 cm³/mol. The third kappa shape index (κ3) is 3.66. The molecule has 0 aromatic heterocycles. The second kappa shape index (κ2) is 7.97. The van der Waals surface area contributed by atoms with E-state index in [4.69, 9.17) is 14.2 Å². The van der Waals surface area contributed by atoms with Crippen LogP contribution in [0.25, 0.3) is 0 Å². The van der Waals surface area contributed by atoms with Gasteiger partial charge in [0.2, 0.25) is 5.91 Å². The monoisotopic (exact) mass is 395 g/mol. The molecule has 1 amide bonds. The lowest BCUT2D eigenvalue weighted by atomic mass is 9.77. The minimum atomic E-state index is -0.469. The normalized spacial score (nSPS) is 17.1. The Labute approximate surface area is 172 Å². The molecule has 2 aromatic rings. The largest absolute Gasteiger partial charge is 0.496 e. The van der Waals surface area contributed by atoms with E-state index in [1.54, 1.807) is 7.11 Å².